The Labute approximate surface area is 130 Å². The lowest BCUT2D eigenvalue weighted by atomic mass is 10.1. The van der Waals surface area contributed by atoms with E-state index >= 15 is 0 Å². The molecule has 1 fully saturated rings. The minimum atomic E-state index is -3.43. The molecule has 7 heteroatoms. The topological polar surface area (TPSA) is 49.4 Å². The van der Waals surface area contributed by atoms with Crippen LogP contribution in [0, 0.1) is 5.82 Å². The molecule has 0 aromatic heterocycles. The van der Waals surface area contributed by atoms with Crippen LogP contribution in [-0.4, -0.2) is 38.4 Å². The van der Waals surface area contributed by atoms with Crippen molar-refractivity contribution in [1.29, 1.82) is 0 Å². The molecule has 1 aromatic carbocycles. The summed E-state index contributed by atoms with van der Waals surface area (Å²) in [5, 5.41) is 3.18. The molecular weight excluding hydrogens is 315 g/mol. The lowest BCUT2D eigenvalue weighted by Crippen LogP contribution is -2.53. The number of nitrogens with zero attached hydrogens (tertiary/aromatic N) is 1. The molecule has 21 heavy (non-hydrogen) atoms. The zero-order valence-corrected chi connectivity index (χ0v) is 13.6. The van der Waals surface area contributed by atoms with Crippen molar-refractivity contribution in [2.75, 3.05) is 19.6 Å². The molecule has 2 rings (SSSR count). The van der Waals surface area contributed by atoms with Gasteiger partial charge in [0, 0.05) is 25.7 Å². The lowest BCUT2D eigenvalue weighted by molar-refractivity contribution is 0.254. The van der Waals surface area contributed by atoms with E-state index in [2.05, 4.69) is 5.32 Å². The fourth-order valence-electron chi connectivity index (χ4n) is 2.61. The molecule has 0 spiro atoms. The molecule has 1 atom stereocenters. The minimum Gasteiger partial charge on any atom is -0.314 e. The highest BCUT2D eigenvalue weighted by Gasteiger charge is 2.31. The average molecular weight is 335 g/mol. The highest BCUT2D eigenvalue weighted by atomic mass is 35.5. The third-order valence-electron chi connectivity index (χ3n) is 3.61. The van der Waals surface area contributed by atoms with E-state index in [0.29, 0.717) is 25.2 Å². The van der Waals surface area contributed by atoms with Crippen LogP contribution in [0.1, 0.15) is 25.3 Å². The molecule has 0 bridgehead atoms. The second-order valence-corrected chi connectivity index (χ2v) is 7.59. The maximum atomic E-state index is 13.1. The van der Waals surface area contributed by atoms with E-state index in [1.165, 1.54) is 18.2 Å². The van der Waals surface area contributed by atoms with Crippen LogP contribution < -0.4 is 5.32 Å². The van der Waals surface area contributed by atoms with Gasteiger partial charge in [0.15, 0.2) is 0 Å². The highest BCUT2D eigenvalue weighted by Crippen LogP contribution is 2.21. The summed E-state index contributed by atoms with van der Waals surface area (Å²) in [4.78, 5) is 0. The van der Waals surface area contributed by atoms with Gasteiger partial charge >= 0.3 is 0 Å². The number of nitrogens with one attached hydrogen (secondary N) is 1. The number of sulfonamides is 1. The normalized spacial score (nSPS) is 20.6. The molecule has 1 saturated heterocycles. The molecular formula is C14H20ClFN2O2S. The molecule has 1 aliphatic rings. The van der Waals surface area contributed by atoms with Crippen LogP contribution in [0.15, 0.2) is 18.2 Å². The quantitative estimate of drug-likeness (QED) is 0.899. The van der Waals surface area contributed by atoms with Crippen LogP contribution in [0.2, 0.25) is 5.02 Å². The number of piperazine rings is 1. The summed E-state index contributed by atoms with van der Waals surface area (Å²) >= 11 is 5.71. The van der Waals surface area contributed by atoms with Gasteiger partial charge in [-0.3, -0.25) is 0 Å². The van der Waals surface area contributed by atoms with Gasteiger partial charge in [-0.25, -0.2) is 12.8 Å². The SMILES string of the molecule is CCCC1CNCCN1S(=O)(=O)Cc1ccc(F)c(Cl)c1. The Balaban J connectivity index is 2.17. The molecule has 0 radical (unpaired) electrons. The van der Waals surface area contributed by atoms with Crippen LogP contribution in [0.5, 0.6) is 0 Å². The summed E-state index contributed by atoms with van der Waals surface area (Å²) in [6.45, 7) is 3.85. The maximum absolute atomic E-state index is 13.1. The molecule has 118 valence electrons. The molecule has 1 aromatic rings. The summed E-state index contributed by atoms with van der Waals surface area (Å²) in [6.07, 6.45) is 1.76. The number of hydrogen-bond acceptors (Lipinski definition) is 3. The van der Waals surface area contributed by atoms with Crippen LogP contribution in [-0.2, 0) is 15.8 Å². The molecule has 0 amide bonds. The first-order valence-electron chi connectivity index (χ1n) is 7.08. The number of benzene rings is 1. The van der Waals surface area contributed by atoms with Gasteiger partial charge in [0.1, 0.15) is 5.82 Å². The third-order valence-corrected chi connectivity index (χ3v) is 5.79. The predicted octanol–water partition coefficient (Wildman–Crippen LogP) is 2.38. The predicted molar refractivity (Wildman–Crippen MR) is 82.3 cm³/mol. The Kier molecular flexibility index (Phi) is 5.60. The fourth-order valence-corrected chi connectivity index (χ4v) is 4.58. The Morgan fingerprint density at radius 1 is 1.48 bits per heavy atom. The van der Waals surface area contributed by atoms with Gasteiger partial charge in [0.05, 0.1) is 10.8 Å². The van der Waals surface area contributed by atoms with Gasteiger partial charge in [0.25, 0.3) is 0 Å². The van der Waals surface area contributed by atoms with E-state index in [1.54, 1.807) is 4.31 Å². The van der Waals surface area contributed by atoms with Gasteiger partial charge in [-0.05, 0) is 24.1 Å². The van der Waals surface area contributed by atoms with Crippen molar-refractivity contribution in [2.45, 2.75) is 31.6 Å². The second kappa shape index (κ2) is 7.05. The summed E-state index contributed by atoms with van der Waals surface area (Å²) in [7, 11) is -3.43. The minimum absolute atomic E-state index is 0.00956. The van der Waals surface area contributed by atoms with Gasteiger partial charge in [-0.1, -0.05) is 31.0 Å². The third kappa shape index (κ3) is 4.16. The molecule has 4 nitrogen and oxygen atoms in total. The lowest BCUT2D eigenvalue weighted by Gasteiger charge is -2.35. The van der Waals surface area contributed by atoms with Crippen molar-refractivity contribution in [3.63, 3.8) is 0 Å². The molecule has 0 aliphatic carbocycles. The molecule has 1 aliphatic heterocycles. The Morgan fingerprint density at radius 2 is 2.24 bits per heavy atom. The van der Waals surface area contributed by atoms with Gasteiger partial charge in [-0.2, -0.15) is 4.31 Å². The zero-order chi connectivity index (χ0) is 15.5. The summed E-state index contributed by atoms with van der Waals surface area (Å²) in [5.41, 5.74) is 0.509. The molecule has 1 heterocycles. The van der Waals surface area contributed by atoms with Crippen LogP contribution in [0.4, 0.5) is 4.39 Å². The fraction of sp³-hybridized carbons (Fsp3) is 0.571. The maximum Gasteiger partial charge on any atom is 0.218 e. The first-order chi connectivity index (χ1) is 9.94. The van der Waals surface area contributed by atoms with Gasteiger partial charge in [-0.15, -0.1) is 0 Å². The second-order valence-electron chi connectivity index (χ2n) is 5.26. The standard InChI is InChI=1S/C14H20ClFN2O2S/c1-2-3-12-9-17-6-7-18(12)21(19,20)10-11-4-5-14(16)13(15)8-11/h4-5,8,12,17H,2-3,6-7,9-10H2,1H3. The summed E-state index contributed by atoms with van der Waals surface area (Å²) in [5.74, 6) is -0.684. The number of rotatable bonds is 5. The van der Waals surface area contributed by atoms with E-state index in [4.69, 9.17) is 11.6 Å². The Hall–Kier alpha value is -0.690. The summed E-state index contributed by atoms with van der Waals surface area (Å²) < 4.78 is 39.9. The summed E-state index contributed by atoms with van der Waals surface area (Å²) in [6, 6.07) is 4.04. The van der Waals surface area contributed by atoms with E-state index in [9.17, 15) is 12.8 Å². The van der Waals surface area contributed by atoms with Crippen molar-refractivity contribution in [3.8, 4) is 0 Å². The van der Waals surface area contributed by atoms with Crippen LogP contribution in [0.3, 0.4) is 0 Å². The van der Waals surface area contributed by atoms with Crippen molar-refractivity contribution < 1.29 is 12.8 Å². The largest absolute Gasteiger partial charge is 0.314 e. The Morgan fingerprint density at radius 3 is 2.90 bits per heavy atom. The van der Waals surface area contributed by atoms with Crippen molar-refractivity contribution in [3.05, 3.63) is 34.6 Å². The molecule has 0 saturated carbocycles. The number of hydrogen-bond donors (Lipinski definition) is 1. The van der Waals surface area contributed by atoms with Crippen molar-refractivity contribution in [2.24, 2.45) is 0 Å². The van der Waals surface area contributed by atoms with E-state index < -0.39 is 15.8 Å². The average Bonchev–Trinajstić information content (AvgIpc) is 2.43. The van der Waals surface area contributed by atoms with Gasteiger partial charge in [0.2, 0.25) is 10.0 Å². The number of halogens is 2. The van der Waals surface area contributed by atoms with E-state index in [-0.39, 0.29) is 16.8 Å². The van der Waals surface area contributed by atoms with E-state index in [1.807, 2.05) is 6.92 Å². The van der Waals surface area contributed by atoms with Gasteiger partial charge < -0.3 is 5.32 Å². The molecule has 1 unspecified atom stereocenters. The first kappa shape index (κ1) is 16.7. The van der Waals surface area contributed by atoms with Crippen LogP contribution in [0.25, 0.3) is 0 Å². The zero-order valence-electron chi connectivity index (χ0n) is 12.0. The van der Waals surface area contributed by atoms with Crippen molar-refractivity contribution >= 4 is 21.6 Å². The van der Waals surface area contributed by atoms with Crippen molar-refractivity contribution in [1.82, 2.24) is 9.62 Å². The monoisotopic (exact) mass is 334 g/mol. The Bertz CT molecular complexity index is 593. The highest BCUT2D eigenvalue weighted by molar-refractivity contribution is 7.88. The first-order valence-corrected chi connectivity index (χ1v) is 9.07. The van der Waals surface area contributed by atoms with E-state index in [0.717, 1.165) is 12.8 Å². The molecule has 1 N–H and O–H groups in total. The van der Waals surface area contributed by atoms with Crippen LogP contribution >= 0.6 is 11.6 Å². The smallest absolute Gasteiger partial charge is 0.218 e.